The summed E-state index contributed by atoms with van der Waals surface area (Å²) in [6, 6.07) is 13.5. The first-order chi connectivity index (χ1) is 23.9. The van der Waals surface area contributed by atoms with E-state index in [4.69, 9.17) is 9.47 Å². The van der Waals surface area contributed by atoms with Crippen LogP contribution in [0.1, 0.15) is 75.0 Å². The van der Waals surface area contributed by atoms with Crippen molar-refractivity contribution >= 4 is 36.7 Å². The molecular formula is C40H52FN5O4Si. The third kappa shape index (κ3) is 9.71. The van der Waals surface area contributed by atoms with E-state index in [0.29, 0.717) is 60.9 Å². The molecule has 3 heterocycles. The van der Waals surface area contributed by atoms with Gasteiger partial charge in [-0.25, -0.2) is 19.2 Å². The van der Waals surface area contributed by atoms with E-state index in [2.05, 4.69) is 55.7 Å². The maximum absolute atomic E-state index is 15.7. The van der Waals surface area contributed by atoms with Gasteiger partial charge in [-0.3, -0.25) is 4.79 Å². The number of carbonyl (C=O) groups excluding carboxylic acids is 2. The topological polar surface area (TPSA) is 98.6 Å². The Hall–Kier alpha value is -4.35. The summed E-state index contributed by atoms with van der Waals surface area (Å²) < 4.78 is 29.4. The molecule has 2 amide bonds. The SMILES string of the molecule is CC(C)(C)OC(=O)N1CC=C(c2cn(COCC[Si](C)(C)C)c3ncnc(-c4ccc(CNC(=O)c5ccc(C(C)(C)C)cc5)c(F)c4)c23)CC1. The van der Waals surface area contributed by atoms with E-state index in [-0.39, 0.29) is 24.0 Å². The van der Waals surface area contributed by atoms with Crippen molar-refractivity contribution in [3.63, 3.8) is 0 Å². The molecule has 9 nitrogen and oxygen atoms in total. The Bertz CT molecular complexity index is 1920. The molecule has 0 bridgehead atoms. The minimum atomic E-state index is -1.27. The molecule has 2 aromatic carbocycles. The van der Waals surface area contributed by atoms with Crippen LogP contribution in [0.25, 0.3) is 27.9 Å². The molecule has 0 saturated heterocycles. The van der Waals surface area contributed by atoms with Gasteiger partial charge in [-0.05, 0) is 68.0 Å². The van der Waals surface area contributed by atoms with Gasteiger partial charge in [-0.1, -0.05) is 70.8 Å². The number of nitrogens with zero attached hydrogens (tertiary/aromatic N) is 4. The van der Waals surface area contributed by atoms with Crippen molar-refractivity contribution in [2.24, 2.45) is 0 Å². The van der Waals surface area contributed by atoms with Gasteiger partial charge < -0.3 is 24.3 Å². The Kier molecular flexibility index (Phi) is 11.2. The molecule has 1 aliphatic heterocycles. The lowest BCUT2D eigenvalue weighted by Crippen LogP contribution is -2.39. The number of hydrogen-bond acceptors (Lipinski definition) is 6. The van der Waals surface area contributed by atoms with Crippen molar-refractivity contribution in [2.45, 2.75) is 97.9 Å². The summed E-state index contributed by atoms with van der Waals surface area (Å²) in [5, 5.41) is 3.65. The highest BCUT2D eigenvalue weighted by Crippen LogP contribution is 2.36. The van der Waals surface area contributed by atoms with E-state index in [0.717, 1.165) is 28.1 Å². The molecule has 0 aliphatic carbocycles. The summed E-state index contributed by atoms with van der Waals surface area (Å²) >= 11 is 0. The van der Waals surface area contributed by atoms with Gasteiger partial charge in [-0.2, -0.15) is 0 Å². The second kappa shape index (κ2) is 15.1. The number of carbonyl (C=O) groups is 2. The lowest BCUT2D eigenvalue weighted by molar-refractivity contribution is 0.0270. The second-order valence-corrected chi connectivity index (χ2v) is 22.1. The summed E-state index contributed by atoms with van der Waals surface area (Å²) in [7, 11) is -1.27. The van der Waals surface area contributed by atoms with E-state index >= 15 is 4.39 Å². The van der Waals surface area contributed by atoms with Gasteiger partial charge in [0.2, 0.25) is 0 Å². The fraction of sp³-hybridized carbons (Fsp3) is 0.450. The number of hydrogen-bond donors (Lipinski definition) is 1. The smallest absolute Gasteiger partial charge is 0.410 e. The number of benzene rings is 2. The van der Waals surface area contributed by atoms with Gasteiger partial charge in [0.05, 0.1) is 11.1 Å². The van der Waals surface area contributed by atoms with Crippen molar-refractivity contribution in [3.8, 4) is 11.3 Å². The van der Waals surface area contributed by atoms with E-state index in [1.807, 2.05) is 55.8 Å². The zero-order chi connectivity index (χ0) is 37.1. The average Bonchev–Trinajstić information content (AvgIpc) is 3.43. The molecule has 1 aliphatic rings. The predicted octanol–water partition coefficient (Wildman–Crippen LogP) is 8.80. The largest absolute Gasteiger partial charge is 0.444 e. The normalized spacial score (nSPS) is 14.1. The van der Waals surface area contributed by atoms with Gasteiger partial charge in [0.1, 0.15) is 30.1 Å². The molecule has 0 atom stereocenters. The van der Waals surface area contributed by atoms with Crippen molar-refractivity contribution in [1.82, 2.24) is 24.8 Å². The summed E-state index contributed by atoms with van der Waals surface area (Å²) in [6.07, 6.45) is 5.83. The van der Waals surface area contributed by atoms with Crippen molar-refractivity contribution in [1.29, 1.82) is 0 Å². The van der Waals surface area contributed by atoms with Crippen LogP contribution in [0.2, 0.25) is 25.7 Å². The highest BCUT2D eigenvalue weighted by atomic mass is 28.3. The van der Waals surface area contributed by atoms with Crippen LogP contribution in [-0.2, 0) is 28.2 Å². The first kappa shape index (κ1) is 37.9. The van der Waals surface area contributed by atoms with Crippen LogP contribution in [0, 0.1) is 5.82 Å². The predicted molar refractivity (Wildman–Crippen MR) is 204 cm³/mol. The molecule has 11 heteroatoms. The number of nitrogens with one attached hydrogen (secondary N) is 1. The number of fused-ring (bicyclic) bond motifs is 1. The summed E-state index contributed by atoms with van der Waals surface area (Å²) in [4.78, 5) is 36.7. The Morgan fingerprint density at radius 2 is 1.73 bits per heavy atom. The fourth-order valence-corrected chi connectivity index (χ4v) is 6.63. The number of halogens is 1. The molecule has 4 aromatic rings. The quantitative estimate of drug-likeness (QED) is 0.130. The van der Waals surface area contributed by atoms with Gasteiger partial charge >= 0.3 is 6.09 Å². The van der Waals surface area contributed by atoms with Crippen molar-refractivity contribution in [2.75, 3.05) is 19.7 Å². The van der Waals surface area contributed by atoms with Crippen LogP contribution in [0.15, 0.2) is 61.1 Å². The molecule has 2 aromatic heterocycles. The lowest BCUT2D eigenvalue weighted by Gasteiger charge is -2.29. The average molecular weight is 714 g/mol. The van der Waals surface area contributed by atoms with Crippen LogP contribution in [0.5, 0.6) is 0 Å². The molecule has 51 heavy (non-hydrogen) atoms. The minimum Gasteiger partial charge on any atom is -0.444 e. The molecule has 272 valence electrons. The molecule has 0 saturated carbocycles. The van der Waals surface area contributed by atoms with Crippen LogP contribution in [0.4, 0.5) is 9.18 Å². The second-order valence-electron chi connectivity index (χ2n) is 16.5. The summed E-state index contributed by atoms with van der Waals surface area (Å²) in [5.74, 6) is -0.705. The van der Waals surface area contributed by atoms with Crippen LogP contribution >= 0.6 is 0 Å². The first-order valence-electron chi connectivity index (χ1n) is 17.7. The third-order valence-corrected chi connectivity index (χ3v) is 10.6. The molecular weight excluding hydrogens is 662 g/mol. The highest BCUT2D eigenvalue weighted by Gasteiger charge is 2.26. The molecule has 0 fully saturated rings. The summed E-state index contributed by atoms with van der Waals surface area (Å²) in [6.45, 7) is 20.8. The lowest BCUT2D eigenvalue weighted by atomic mass is 9.87. The first-order valence-corrected chi connectivity index (χ1v) is 21.4. The van der Waals surface area contributed by atoms with Gasteiger partial charge in [0.15, 0.2) is 0 Å². The zero-order valence-corrected chi connectivity index (χ0v) is 32.5. The van der Waals surface area contributed by atoms with E-state index in [1.54, 1.807) is 23.1 Å². The Balaban J connectivity index is 1.41. The monoisotopic (exact) mass is 713 g/mol. The Morgan fingerprint density at radius 1 is 1.00 bits per heavy atom. The molecule has 0 unspecified atom stereocenters. The zero-order valence-electron chi connectivity index (χ0n) is 31.5. The third-order valence-electron chi connectivity index (χ3n) is 8.87. The number of ether oxygens (including phenoxy) is 2. The molecule has 0 spiro atoms. The van der Waals surface area contributed by atoms with Crippen LogP contribution < -0.4 is 5.32 Å². The van der Waals surface area contributed by atoms with E-state index in [9.17, 15) is 9.59 Å². The minimum absolute atomic E-state index is 0.0179. The fourth-order valence-electron chi connectivity index (χ4n) is 5.87. The number of amides is 2. The van der Waals surface area contributed by atoms with Crippen LogP contribution in [-0.4, -0.2) is 64.8 Å². The van der Waals surface area contributed by atoms with Gasteiger partial charge in [0, 0.05) is 62.8 Å². The van der Waals surface area contributed by atoms with Gasteiger partial charge in [-0.15, -0.1) is 0 Å². The van der Waals surface area contributed by atoms with Crippen LogP contribution in [0.3, 0.4) is 0 Å². The molecule has 1 N–H and O–H groups in total. The maximum Gasteiger partial charge on any atom is 0.410 e. The highest BCUT2D eigenvalue weighted by molar-refractivity contribution is 6.76. The van der Waals surface area contributed by atoms with Crippen molar-refractivity contribution < 1.29 is 23.5 Å². The summed E-state index contributed by atoms with van der Waals surface area (Å²) in [5.41, 5.74) is 5.28. The van der Waals surface area contributed by atoms with Gasteiger partial charge in [0.25, 0.3) is 5.91 Å². The Morgan fingerprint density at radius 3 is 2.33 bits per heavy atom. The molecule has 5 rings (SSSR count). The standard InChI is InChI=1S/C40H52FN5O4Si/c1-39(2,3)31-14-12-28(13-15-31)37(47)42-23-30-11-10-29(22-33(30)41)35-34-32(27-16-18-45(19-17-27)38(48)50-40(4,5)6)24-46(36(34)44-25-43-35)26-49-20-21-51(7,8)9/h10-16,22,24-25H,17-21,23,26H2,1-9H3,(H,42,47). The maximum atomic E-state index is 15.7. The van der Waals surface area contributed by atoms with E-state index < -0.39 is 19.5 Å². The number of rotatable bonds is 10. The van der Waals surface area contributed by atoms with E-state index in [1.165, 1.54) is 12.4 Å². The number of aromatic nitrogens is 3. The Labute approximate surface area is 302 Å². The molecule has 0 radical (unpaired) electrons. The van der Waals surface area contributed by atoms with Crippen molar-refractivity contribution in [3.05, 3.63) is 89.1 Å².